The van der Waals surface area contributed by atoms with Crippen LogP contribution in [0.25, 0.3) is 10.9 Å². The number of carbonyl (C=O) groups excluding carboxylic acids is 2. The second-order valence-electron chi connectivity index (χ2n) is 5.80. The van der Waals surface area contributed by atoms with Crippen LogP contribution in [-0.4, -0.2) is 23.0 Å². The van der Waals surface area contributed by atoms with Gasteiger partial charge in [0.1, 0.15) is 17.3 Å². The summed E-state index contributed by atoms with van der Waals surface area (Å²) in [6, 6.07) is 10.4. The van der Waals surface area contributed by atoms with Gasteiger partial charge in [-0.3, -0.25) is 4.79 Å². The number of benzene rings is 2. The fourth-order valence-corrected chi connectivity index (χ4v) is 2.65. The zero-order chi connectivity index (χ0) is 18.8. The summed E-state index contributed by atoms with van der Waals surface area (Å²) in [4.78, 5) is 27.7. The van der Waals surface area contributed by atoms with E-state index in [1.165, 1.54) is 13.0 Å². The monoisotopic (exact) mass is 358 g/mol. The summed E-state index contributed by atoms with van der Waals surface area (Å²) in [5.41, 5.74) is 1.10. The second kappa shape index (κ2) is 6.95. The molecule has 5 nitrogen and oxygen atoms in total. The van der Waals surface area contributed by atoms with E-state index in [9.17, 15) is 18.4 Å². The summed E-state index contributed by atoms with van der Waals surface area (Å²) in [7, 11) is 0. The third-order valence-electron chi connectivity index (χ3n) is 3.96. The number of hydrogen-bond donors (Lipinski definition) is 2. The molecule has 0 aliphatic heterocycles. The van der Waals surface area contributed by atoms with Crippen LogP contribution in [0.3, 0.4) is 0 Å². The first-order chi connectivity index (χ1) is 12.4. The van der Waals surface area contributed by atoms with E-state index in [2.05, 4.69) is 10.3 Å². The van der Waals surface area contributed by atoms with Gasteiger partial charge in [0.05, 0.1) is 5.56 Å². The van der Waals surface area contributed by atoms with Crippen LogP contribution in [0.2, 0.25) is 0 Å². The lowest BCUT2D eigenvalue weighted by Crippen LogP contribution is -2.30. The summed E-state index contributed by atoms with van der Waals surface area (Å²) in [5, 5.41) is 2.78. The van der Waals surface area contributed by atoms with Gasteiger partial charge < -0.3 is 15.0 Å². The molecule has 1 atom stereocenters. The first kappa shape index (κ1) is 17.6. The average molecular weight is 358 g/mol. The molecule has 1 unspecified atom stereocenters. The molecule has 0 radical (unpaired) electrons. The van der Waals surface area contributed by atoms with Crippen LogP contribution in [0.1, 0.15) is 23.0 Å². The smallest absolute Gasteiger partial charge is 0.341 e. The van der Waals surface area contributed by atoms with Gasteiger partial charge in [0.15, 0.2) is 6.10 Å². The number of rotatable bonds is 4. The number of fused-ring (bicyclic) bond motifs is 1. The van der Waals surface area contributed by atoms with E-state index in [0.29, 0.717) is 16.6 Å². The Morgan fingerprint density at radius 2 is 1.73 bits per heavy atom. The number of hydrogen-bond acceptors (Lipinski definition) is 3. The van der Waals surface area contributed by atoms with E-state index in [4.69, 9.17) is 4.74 Å². The van der Waals surface area contributed by atoms with Gasteiger partial charge in [0, 0.05) is 16.6 Å². The van der Waals surface area contributed by atoms with Crippen molar-refractivity contribution >= 4 is 28.5 Å². The number of esters is 1. The number of H-pyrrole nitrogens is 1. The number of anilines is 1. The van der Waals surface area contributed by atoms with Crippen molar-refractivity contribution < 1.29 is 23.1 Å². The van der Waals surface area contributed by atoms with Crippen LogP contribution in [0, 0.1) is 18.6 Å². The lowest BCUT2D eigenvalue weighted by Gasteiger charge is -2.14. The first-order valence-electron chi connectivity index (χ1n) is 7.91. The van der Waals surface area contributed by atoms with Crippen molar-refractivity contribution in [2.75, 3.05) is 5.32 Å². The van der Waals surface area contributed by atoms with Crippen LogP contribution >= 0.6 is 0 Å². The van der Waals surface area contributed by atoms with Gasteiger partial charge in [-0.15, -0.1) is 0 Å². The number of halogens is 2. The SMILES string of the molecule is Cc1[nH]c2ccccc2c1C(=O)OC(C)C(=O)Nc1c(F)cccc1F. The number of amides is 1. The number of nitrogens with one attached hydrogen (secondary N) is 2. The number of aromatic amines is 1. The van der Waals surface area contributed by atoms with Gasteiger partial charge in [-0.1, -0.05) is 24.3 Å². The molecule has 7 heteroatoms. The van der Waals surface area contributed by atoms with Crippen LogP contribution < -0.4 is 5.32 Å². The Labute approximate surface area is 148 Å². The minimum atomic E-state index is -1.24. The molecule has 0 bridgehead atoms. The lowest BCUT2D eigenvalue weighted by atomic mass is 10.1. The number of carbonyl (C=O) groups is 2. The number of aryl methyl sites for hydroxylation is 1. The van der Waals surface area contributed by atoms with E-state index in [1.54, 1.807) is 19.1 Å². The molecule has 2 N–H and O–H groups in total. The first-order valence-corrected chi connectivity index (χ1v) is 7.91. The molecule has 3 aromatic rings. The highest BCUT2D eigenvalue weighted by atomic mass is 19.1. The molecule has 3 rings (SSSR count). The van der Waals surface area contributed by atoms with Gasteiger partial charge in [-0.25, -0.2) is 13.6 Å². The molecular weight excluding hydrogens is 342 g/mol. The van der Waals surface area contributed by atoms with E-state index in [0.717, 1.165) is 17.6 Å². The number of para-hydroxylation sites is 2. The molecule has 1 aromatic heterocycles. The third-order valence-corrected chi connectivity index (χ3v) is 3.96. The normalized spacial score (nSPS) is 12.0. The van der Waals surface area contributed by atoms with E-state index in [1.807, 2.05) is 12.1 Å². The van der Waals surface area contributed by atoms with Crippen LogP contribution in [0.15, 0.2) is 42.5 Å². The van der Waals surface area contributed by atoms with Crippen LogP contribution in [0.5, 0.6) is 0 Å². The molecule has 1 heterocycles. The molecule has 0 aliphatic rings. The predicted octanol–water partition coefficient (Wildman–Crippen LogP) is 3.94. The zero-order valence-electron chi connectivity index (χ0n) is 14.1. The van der Waals surface area contributed by atoms with Crippen molar-refractivity contribution in [3.8, 4) is 0 Å². The Balaban J connectivity index is 1.76. The van der Waals surface area contributed by atoms with E-state index in [-0.39, 0.29) is 0 Å². The quantitative estimate of drug-likeness (QED) is 0.694. The van der Waals surface area contributed by atoms with Crippen molar-refractivity contribution in [3.63, 3.8) is 0 Å². The fraction of sp³-hybridized carbons (Fsp3) is 0.158. The predicted molar refractivity (Wildman–Crippen MR) is 92.9 cm³/mol. The minimum Gasteiger partial charge on any atom is -0.449 e. The van der Waals surface area contributed by atoms with Gasteiger partial charge in [0.25, 0.3) is 5.91 Å². The topological polar surface area (TPSA) is 71.2 Å². The Kier molecular flexibility index (Phi) is 4.71. The summed E-state index contributed by atoms with van der Waals surface area (Å²) < 4.78 is 32.4. The molecule has 0 saturated heterocycles. The standard InChI is InChI=1S/C19H16F2N2O3/c1-10-16(12-6-3-4-9-15(12)22-10)19(25)26-11(2)18(24)23-17-13(20)7-5-8-14(17)21/h3-9,11,22H,1-2H3,(H,23,24). The molecule has 0 fully saturated rings. The molecule has 0 aliphatic carbocycles. The third kappa shape index (κ3) is 3.28. The maximum atomic E-state index is 13.6. The van der Waals surface area contributed by atoms with Gasteiger partial charge in [0.2, 0.25) is 0 Å². The number of ether oxygens (including phenoxy) is 1. The fourth-order valence-electron chi connectivity index (χ4n) is 2.65. The van der Waals surface area contributed by atoms with Crippen molar-refractivity contribution in [2.45, 2.75) is 20.0 Å². The molecule has 134 valence electrons. The summed E-state index contributed by atoms with van der Waals surface area (Å²) in [6.45, 7) is 3.05. The highest BCUT2D eigenvalue weighted by Gasteiger charge is 2.24. The van der Waals surface area contributed by atoms with Crippen molar-refractivity contribution in [3.05, 3.63) is 65.4 Å². The highest BCUT2D eigenvalue weighted by Crippen LogP contribution is 2.23. The van der Waals surface area contributed by atoms with E-state index >= 15 is 0 Å². The molecule has 0 spiro atoms. The van der Waals surface area contributed by atoms with Crippen LogP contribution in [-0.2, 0) is 9.53 Å². The van der Waals surface area contributed by atoms with Gasteiger partial charge in [-0.2, -0.15) is 0 Å². The summed E-state index contributed by atoms with van der Waals surface area (Å²) in [6.07, 6.45) is -1.24. The van der Waals surface area contributed by atoms with Crippen molar-refractivity contribution in [2.24, 2.45) is 0 Å². The van der Waals surface area contributed by atoms with Crippen LogP contribution in [0.4, 0.5) is 14.5 Å². The second-order valence-corrected chi connectivity index (χ2v) is 5.80. The lowest BCUT2D eigenvalue weighted by molar-refractivity contribution is -0.123. The van der Waals surface area contributed by atoms with Gasteiger partial charge in [-0.05, 0) is 32.0 Å². The summed E-state index contributed by atoms with van der Waals surface area (Å²) in [5.74, 6) is -3.36. The minimum absolute atomic E-state index is 0.317. The highest BCUT2D eigenvalue weighted by molar-refractivity contribution is 6.06. The maximum absolute atomic E-state index is 13.6. The van der Waals surface area contributed by atoms with Crippen molar-refractivity contribution in [1.82, 2.24) is 4.98 Å². The largest absolute Gasteiger partial charge is 0.449 e. The molecular formula is C19H16F2N2O3. The van der Waals surface area contributed by atoms with Gasteiger partial charge >= 0.3 is 5.97 Å². The Bertz CT molecular complexity index is 977. The molecule has 0 saturated carbocycles. The Hall–Kier alpha value is -3.22. The Morgan fingerprint density at radius 3 is 2.42 bits per heavy atom. The molecule has 26 heavy (non-hydrogen) atoms. The zero-order valence-corrected chi connectivity index (χ0v) is 14.1. The van der Waals surface area contributed by atoms with Crippen molar-refractivity contribution in [1.29, 1.82) is 0 Å². The Morgan fingerprint density at radius 1 is 1.08 bits per heavy atom. The number of aromatic nitrogens is 1. The average Bonchev–Trinajstić information content (AvgIpc) is 2.93. The molecule has 1 amide bonds. The molecule has 2 aromatic carbocycles. The van der Waals surface area contributed by atoms with E-state index < -0.39 is 35.3 Å². The summed E-state index contributed by atoms with van der Waals surface area (Å²) >= 11 is 0. The maximum Gasteiger partial charge on any atom is 0.341 e.